The van der Waals surface area contributed by atoms with Gasteiger partial charge in [0.1, 0.15) is 72.8 Å². The third-order valence-electron chi connectivity index (χ3n) is 18.0. The molecule has 0 radical (unpaired) electrons. The number of carbonyl (C=O) groups excluding carboxylic acids is 12. The van der Waals surface area contributed by atoms with Gasteiger partial charge in [-0.25, -0.2) is 9.59 Å². The zero-order valence-electron chi connectivity index (χ0n) is 61.8. The average molecular weight is 1660 g/mol. The maximum Gasteiger partial charge on any atom is 0.327 e. The number of ketones is 3. The third kappa shape index (κ3) is 38.1. The van der Waals surface area contributed by atoms with E-state index in [2.05, 4.69) is 43.8 Å². The minimum atomic E-state index is -2.21. The van der Waals surface area contributed by atoms with Crippen LogP contribution in [0, 0.1) is 17.8 Å². The zero-order valence-corrected chi connectivity index (χ0v) is 62.6. The van der Waals surface area contributed by atoms with Gasteiger partial charge >= 0.3 is 29.8 Å². The summed E-state index contributed by atoms with van der Waals surface area (Å²) >= 11 is 0.490. The van der Waals surface area contributed by atoms with Crippen molar-refractivity contribution in [1.29, 1.82) is 0 Å². The number of hydrogen-bond acceptors (Lipinski definition) is 34. The molecule has 0 aromatic carbocycles. The Morgan fingerprint density at radius 3 is 1.18 bits per heavy atom. The summed E-state index contributed by atoms with van der Waals surface area (Å²) in [7, 11) is 0. The topological polar surface area (TPSA) is 808 Å². The summed E-state index contributed by atoms with van der Waals surface area (Å²) in [6.45, 7) is -2.91. The van der Waals surface area contributed by atoms with Crippen LogP contribution in [0.15, 0.2) is 12.7 Å². The Bertz CT molecular complexity index is 3250. The number of carbonyl (C=O) groups is 17. The van der Waals surface area contributed by atoms with Crippen LogP contribution in [0.2, 0.25) is 0 Å². The lowest BCUT2D eigenvalue weighted by molar-refractivity contribution is -0.144. The van der Waals surface area contributed by atoms with Crippen LogP contribution in [0.3, 0.4) is 0 Å². The molecule has 9 amide bonds. The number of aliphatic carboxylic acids is 5. The van der Waals surface area contributed by atoms with E-state index in [1.807, 2.05) is 0 Å². The highest BCUT2D eigenvalue weighted by molar-refractivity contribution is 8.00. The molecule has 21 atom stereocenters. The van der Waals surface area contributed by atoms with Gasteiger partial charge in [-0.1, -0.05) is 6.08 Å². The minimum Gasteiger partial charge on any atom is -0.481 e. The van der Waals surface area contributed by atoms with Crippen LogP contribution in [0.4, 0.5) is 0 Å². The largest absolute Gasteiger partial charge is 0.481 e. The summed E-state index contributed by atoms with van der Waals surface area (Å²) in [6, 6.07) is -9.42. The Balaban J connectivity index is 3.76. The second kappa shape index (κ2) is 53.4. The van der Waals surface area contributed by atoms with Crippen molar-refractivity contribution in [2.75, 3.05) is 51.8 Å². The Labute approximate surface area is 654 Å². The van der Waals surface area contributed by atoms with Gasteiger partial charge in [0.05, 0.1) is 67.4 Å². The molecule has 0 saturated carbocycles. The highest BCUT2D eigenvalue weighted by Gasteiger charge is 2.42. The van der Waals surface area contributed by atoms with Gasteiger partial charge in [-0.3, -0.25) is 76.8 Å². The van der Waals surface area contributed by atoms with E-state index in [4.69, 9.17) is 21.1 Å². The number of amides is 9. The van der Waals surface area contributed by atoms with Gasteiger partial charge < -0.3 is 145 Å². The standard InChI is InChI=1S/C67H107N9O37S/c1-2-3-4-32(65(108)109)19-33(80)7-9-37(66(110)111)72-51(92)17-18-76-52(93)22-47(64(76)107)114-29-38(67(112)113)75-62(105)31(6-13-49(90)70-24-42(84)56(99)59(102)45(87)27-78)21-39(81)35(10-15-53(94)95)73-61(104)30(5-12-48(89)69-23-41(83)55(98)58(101)44(86)26-77)20-40(82)36(11-16-54(96)97)74-63(106)34(68)8-14-50(91)71-25-43(85)57(100)60(103)46(88)28-79/h2,30-32,34-38,41-47,55-60,77-79,83-88,98-103H,1,3-29,68H2,(H,69,89)(H,70,90)(H,71,91)(H,72,92)(H,73,104)(H,74,106)(H,75,105)(H,94,95)(H,96,97)(H,108,109)(H,110,111)(H,112,113)/t30-,31-,32-,34+,35-,36-,37+,38-,41+,42+,43+,44-,45-,46-,47?,55-,56-,57-,58-,59-,60-/m1/s1. The molecule has 0 aromatic rings. The molecule has 1 aliphatic rings. The summed E-state index contributed by atoms with van der Waals surface area (Å²) in [5, 5.41) is 211. The first-order chi connectivity index (χ1) is 53.3. The van der Waals surface area contributed by atoms with Crippen molar-refractivity contribution in [3.05, 3.63) is 12.7 Å². The van der Waals surface area contributed by atoms with E-state index in [1.54, 1.807) is 0 Å². The molecule has 0 bridgehead atoms. The summed E-state index contributed by atoms with van der Waals surface area (Å²) in [5.41, 5.74) is 6.00. The molecular formula is C67H107N9O37S. The van der Waals surface area contributed by atoms with Gasteiger partial charge in [-0.15, -0.1) is 18.3 Å². The lowest BCUT2D eigenvalue weighted by Crippen LogP contribution is -2.51. The Hall–Kier alpha value is -8.76. The molecule has 1 heterocycles. The fraction of sp³-hybridized carbons (Fsp3) is 0.716. The fourth-order valence-corrected chi connectivity index (χ4v) is 12.1. The number of thioether (sulfide) groups is 1. The molecule has 1 unspecified atom stereocenters. The molecule has 1 fully saturated rings. The van der Waals surface area contributed by atoms with Gasteiger partial charge in [0.2, 0.25) is 53.2 Å². The number of hydrogen-bond donors (Lipinski definition) is 28. The van der Waals surface area contributed by atoms with Crippen molar-refractivity contribution in [3.63, 3.8) is 0 Å². The predicted octanol–water partition coefficient (Wildman–Crippen LogP) is -12.0. The van der Waals surface area contributed by atoms with Crippen molar-refractivity contribution < 1.29 is 184 Å². The van der Waals surface area contributed by atoms with Gasteiger partial charge in [-0.05, 0) is 51.4 Å². The van der Waals surface area contributed by atoms with Crippen LogP contribution < -0.4 is 43.0 Å². The molecule has 29 N–H and O–H groups in total. The lowest BCUT2D eigenvalue weighted by atomic mass is 9.89. The van der Waals surface area contributed by atoms with Crippen molar-refractivity contribution in [2.45, 2.75) is 231 Å². The number of carboxylic acid groups (broad SMARTS) is 5. The summed E-state index contributed by atoms with van der Waals surface area (Å²) in [6.07, 6.45) is -36.0. The van der Waals surface area contributed by atoms with Gasteiger partial charge in [0, 0.05) is 114 Å². The highest BCUT2D eigenvalue weighted by atomic mass is 32.2. The molecule has 46 nitrogen and oxygen atoms in total. The van der Waals surface area contributed by atoms with Crippen molar-refractivity contribution >= 4 is 112 Å². The number of aliphatic hydroxyl groups excluding tert-OH is 15. The van der Waals surface area contributed by atoms with E-state index >= 15 is 0 Å². The van der Waals surface area contributed by atoms with E-state index in [1.165, 1.54) is 6.08 Å². The van der Waals surface area contributed by atoms with Crippen molar-refractivity contribution in [3.8, 4) is 0 Å². The number of allylic oxidation sites excluding steroid dienone is 1. The molecule has 47 heteroatoms. The number of nitrogens with two attached hydrogens (primary N) is 1. The van der Waals surface area contributed by atoms with Crippen LogP contribution in [0.5, 0.6) is 0 Å². The van der Waals surface area contributed by atoms with Crippen molar-refractivity contribution in [1.82, 2.24) is 42.1 Å². The second-order valence-electron chi connectivity index (χ2n) is 27.0. The molecule has 0 aromatic heterocycles. The average Bonchev–Trinajstić information content (AvgIpc) is 1.66. The molecule has 114 heavy (non-hydrogen) atoms. The van der Waals surface area contributed by atoms with Crippen molar-refractivity contribution in [2.24, 2.45) is 23.5 Å². The van der Waals surface area contributed by atoms with E-state index in [0.29, 0.717) is 16.7 Å². The summed E-state index contributed by atoms with van der Waals surface area (Å²) in [4.78, 5) is 224. The molecule has 0 aliphatic carbocycles. The number of aliphatic hydroxyl groups is 15. The van der Waals surface area contributed by atoms with Crippen LogP contribution in [0.25, 0.3) is 0 Å². The lowest BCUT2D eigenvalue weighted by Gasteiger charge is -2.26. The maximum absolute atomic E-state index is 14.6. The first-order valence-corrected chi connectivity index (χ1v) is 36.9. The molecule has 1 aliphatic heterocycles. The number of rotatable bonds is 63. The molecule has 0 spiro atoms. The Morgan fingerprint density at radius 1 is 0.430 bits per heavy atom. The number of carboxylic acids is 5. The Morgan fingerprint density at radius 2 is 0.807 bits per heavy atom. The van der Waals surface area contributed by atoms with Crippen LogP contribution in [-0.2, 0) is 81.5 Å². The molecule has 1 rings (SSSR count). The molecule has 1 saturated heterocycles. The van der Waals surface area contributed by atoms with Crippen LogP contribution >= 0.6 is 11.8 Å². The van der Waals surface area contributed by atoms with E-state index in [9.17, 15) is 168 Å². The van der Waals surface area contributed by atoms with Gasteiger partial charge in [-0.2, -0.15) is 0 Å². The normalized spacial score (nSPS) is 18.2. The first-order valence-electron chi connectivity index (χ1n) is 35.9. The van der Waals surface area contributed by atoms with Crippen LogP contribution in [0.1, 0.15) is 122 Å². The van der Waals surface area contributed by atoms with E-state index < -0.39 is 388 Å². The summed E-state index contributed by atoms with van der Waals surface area (Å²) in [5.74, 6) is -26.7. The minimum absolute atomic E-state index is 0.0763. The van der Waals surface area contributed by atoms with Crippen LogP contribution in [-0.4, -0.2) is 368 Å². The SMILES string of the molecule is C=CCC[C@H](CC(=O)CC[C@H](NC(=O)CCN1C(=O)CC(SC[C@@H](NC(=O)[C@H](CCC(=O)NC[C@H](O)[C@@H](O)[C@H](O)[C@H](O)CO)CC(=O)[C@@H](CCC(=O)O)NC(=O)[C@H](CCC(=O)NC[C@H](O)[C@@H](O)[C@H](O)[C@H](O)CO)CC(=O)[C@@H](CCC(=O)O)NC(=O)[C@@H](N)CCC(=O)NC[C@H](O)[C@@H](O)[C@H](O)[C@H](O)CO)C(=O)O)C1=O)C(=O)O)C(=O)O. The summed E-state index contributed by atoms with van der Waals surface area (Å²) < 4.78 is 0. The first kappa shape index (κ1) is 103. The van der Waals surface area contributed by atoms with E-state index in [0.717, 1.165) is 0 Å². The third-order valence-corrected chi connectivity index (χ3v) is 19.3. The second-order valence-corrected chi connectivity index (χ2v) is 28.2. The maximum atomic E-state index is 14.6. The smallest absolute Gasteiger partial charge is 0.327 e. The predicted molar refractivity (Wildman–Crippen MR) is 383 cm³/mol. The number of nitrogens with zero attached hydrogens (tertiary/aromatic N) is 1. The monoisotopic (exact) mass is 1660 g/mol. The fourth-order valence-electron chi connectivity index (χ4n) is 10.9. The Kier molecular flexibility index (Phi) is 48.4. The number of nitrogens with one attached hydrogen (secondary N) is 7. The molecular weight excluding hydrogens is 1550 g/mol. The highest BCUT2D eigenvalue weighted by Crippen LogP contribution is 2.28. The van der Waals surface area contributed by atoms with E-state index in [-0.39, 0.29) is 12.8 Å². The quantitative estimate of drug-likeness (QED) is 0.0199. The van der Waals surface area contributed by atoms with Gasteiger partial charge in [0.15, 0.2) is 11.6 Å². The number of likely N-dealkylation sites (tertiary alicyclic amines) is 1. The zero-order chi connectivity index (χ0) is 87.0. The number of imide groups is 1. The molecule has 648 valence electrons. The number of Topliss-reactive ketones (excluding diaryl/α,β-unsaturated/α-hetero) is 3. The van der Waals surface area contributed by atoms with Gasteiger partial charge in [0.25, 0.3) is 0 Å².